The third-order valence-corrected chi connectivity index (χ3v) is 5.59. The van der Waals surface area contributed by atoms with Gasteiger partial charge in [-0.15, -0.1) is 16.8 Å². The van der Waals surface area contributed by atoms with Crippen LogP contribution in [0.4, 0.5) is 5.69 Å². The third-order valence-electron chi connectivity index (χ3n) is 4.53. The molecule has 0 bridgehead atoms. The van der Waals surface area contributed by atoms with Crippen molar-refractivity contribution in [2.75, 3.05) is 7.11 Å². The zero-order chi connectivity index (χ0) is 21.1. The fourth-order valence-corrected chi connectivity index (χ4v) is 4.15. The molecular weight excluding hydrogens is 402 g/mol. The van der Waals surface area contributed by atoms with E-state index < -0.39 is 4.92 Å². The molecule has 0 saturated heterocycles. The van der Waals surface area contributed by atoms with Crippen molar-refractivity contribution in [3.8, 4) is 17.1 Å². The van der Waals surface area contributed by atoms with Gasteiger partial charge in [0.2, 0.25) is 0 Å². The number of aromatic nitrogens is 4. The molecular formula is C21H17N5O3S. The maximum absolute atomic E-state index is 11.4. The fourth-order valence-electron chi connectivity index (χ4n) is 3.18. The largest absolute Gasteiger partial charge is 0.496 e. The summed E-state index contributed by atoms with van der Waals surface area (Å²) in [7, 11) is 1.61. The van der Waals surface area contributed by atoms with E-state index in [1.54, 1.807) is 31.5 Å². The minimum absolute atomic E-state index is 0.0183. The molecule has 0 N–H and O–H groups in total. The zero-order valence-electron chi connectivity index (χ0n) is 16.1. The number of nitro groups is 1. The van der Waals surface area contributed by atoms with Crippen LogP contribution in [0.3, 0.4) is 0 Å². The highest BCUT2D eigenvalue weighted by Gasteiger charge is 2.20. The third kappa shape index (κ3) is 3.50. The summed E-state index contributed by atoms with van der Waals surface area (Å²) < 4.78 is 7.40. The molecule has 0 amide bonds. The number of hydrogen-bond donors (Lipinski definition) is 0. The highest BCUT2D eigenvalue weighted by Crippen LogP contribution is 2.38. The van der Waals surface area contributed by atoms with Gasteiger partial charge >= 0.3 is 0 Å². The van der Waals surface area contributed by atoms with E-state index in [1.807, 2.05) is 28.8 Å². The van der Waals surface area contributed by atoms with Gasteiger partial charge in [-0.3, -0.25) is 19.7 Å². The van der Waals surface area contributed by atoms with Crippen LogP contribution in [0.15, 0.2) is 77.6 Å². The fraction of sp³-hybridized carbons (Fsp3) is 0.0952. The van der Waals surface area contributed by atoms with Gasteiger partial charge in [0.15, 0.2) is 11.0 Å². The maximum Gasteiger partial charge on any atom is 0.278 e. The molecule has 0 unspecified atom stereocenters. The topological polar surface area (TPSA) is 96.0 Å². The number of nitro benzene ring substituents is 1. The molecule has 0 aliphatic carbocycles. The molecule has 2 aromatic heterocycles. The number of nitrogens with zero attached hydrogens (tertiary/aromatic N) is 5. The average Bonchev–Trinajstić information content (AvgIpc) is 3.16. The number of allylic oxidation sites excluding steroid dienone is 1. The molecule has 0 radical (unpaired) electrons. The summed E-state index contributed by atoms with van der Waals surface area (Å²) in [5, 5.41) is 22.0. The Kier molecular flexibility index (Phi) is 5.44. The van der Waals surface area contributed by atoms with Crippen LogP contribution in [0.2, 0.25) is 0 Å². The van der Waals surface area contributed by atoms with E-state index in [4.69, 9.17) is 4.74 Å². The van der Waals surface area contributed by atoms with Crippen LogP contribution in [-0.2, 0) is 6.54 Å². The van der Waals surface area contributed by atoms with Crippen LogP contribution < -0.4 is 4.74 Å². The first-order valence-electron chi connectivity index (χ1n) is 9.00. The minimum atomic E-state index is -0.404. The van der Waals surface area contributed by atoms with E-state index in [9.17, 15) is 10.1 Å². The molecule has 8 nitrogen and oxygen atoms in total. The van der Waals surface area contributed by atoms with Crippen molar-refractivity contribution in [1.82, 2.24) is 19.7 Å². The van der Waals surface area contributed by atoms with Gasteiger partial charge in [0, 0.05) is 35.3 Å². The van der Waals surface area contributed by atoms with Crippen molar-refractivity contribution < 1.29 is 9.66 Å². The summed E-state index contributed by atoms with van der Waals surface area (Å²) >= 11 is 1.38. The minimum Gasteiger partial charge on any atom is -0.496 e. The van der Waals surface area contributed by atoms with Gasteiger partial charge in [-0.25, -0.2) is 0 Å². The lowest BCUT2D eigenvalue weighted by molar-refractivity contribution is -0.383. The van der Waals surface area contributed by atoms with Crippen LogP contribution in [-0.4, -0.2) is 31.8 Å². The molecule has 0 aliphatic heterocycles. The summed E-state index contributed by atoms with van der Waals surface area (Å²) in [6.07, 6.45) is 4.89. The lowest BCUT2D eigenvalue weighted by atomic mass is 10.1. The number of methoxy groups -OCH3 is 1. The molecule has 2 aromatic carbocycles. The molecule has 0 saturated carbocycles. The molecule has 150 valence electrons. The SMILES string of the molecule is C=CCn1c(Sc2ccc([N+](=O)[O-])c3cnccc23)nnc1-c1ccccc1OC. The van der Waals surface area contributed by atoms with E-state index >= 15 is 0 Å². The number of pyridine rings is 1. The van der Waals surface area contributed by atoms with Crippen molar-refractivity contribution in [2.24, 2.45) is 0 Å². The van der Waals surface area contributed by atoms with Gasteiger partial charge < -0.3 is 4.74 Å². The smallest absolute Gasteiger partial charge is 0.278 e. The van der Waals surface area contributed by atoms with Gasteiger partial charge in [0.05, 0.1) is 23.0 Å². The molecule has 4 aromatic rings. The lowest BCUT2D eigenvalue weighted by Crippen LogP contribution is -2.01. The Bertz CT molecular complexity index is 1250. The maximum atomic E-state index is 11.4. The molecule has 9 heteroatoms. The Balaban J connectivity index is 1.82. The number of fused-ring (bicyclic) bond motifs is 1. The summed E-state index contributed by atoms with van der Waals surface area (Å²) in [5.41, 5.74) is 0.837. The quantitative estimate of drug-likeness (QED) is 0.242. The van der Waals surface area contributed by atoms with E-state index in [0.29, 0.717) is 28.7 Å². The predicted octanol–water partition coefficient (Wildman–Crippen LogP) is 4.75. The second-order valence-corrected chi connectivity index (χ2v) is 7.28. The van der Waals surface area contributed by atoms with E-state index in [1.165, 1.54) is 24.0 Å². The highest BCUT2D eigenvalue weighted by molar-refractivity contribution is 7.99. The Labute approximate surface area is 176 Å². The van der Waals surface area contributed by atoms with Gasteiger partial charge in [0.25, 0.3) is 5.69 Å². The van der Waals surface area contributed by atoms with Crippen LogP contribution in [0.5, 0.6) is 5.75 Å². The van der Waals surface area contributed by atoms with Crippen molar-refractivity contribution in [2.45, 2.75) is 16.6 Å². The van der Waals surface area contributed by atoms with Crippen molar-refractivity contribution in [3.05, 3.63) is 77.6 Å². The second-order valence-electron chi connectivity index (χ2n) is 6.27. The summed E-state index contributed by atoms with van der Waals surface area (Å²) in [5.74, 6) is 1.35. The monoisotopic (exact) mass is 419 g/mol. The first-order valence-corrected chi connectivity index (χ1v) is 9.82. The Morgan fingerprint density at radius 1 is 1.20 bits per heavy atom. The summed E-state index contributed by atoms with van der Waals surface area (Å²) in [6, 6.07) is 12.6. The second kappa shape index (κ2) is 8.34. The predicted molar refractivity (Wildman–Crippen MR) is 115 cm³/mol. The first kappa shape index (κ1) is 19.6. The number of hydrogen-bond acceptors (Lipinski definition) is 7. The number of non-ortho nitro benzene ring substituents is 1. The first-order chi connectivity index (χ1) is 14.6. The van der Waals surface area contributed by atoms with E-state index in [0.717, 1.165) is 15.8 Å². The van der Waals surface area contributed by atoms with Crippen molar-refractivity contribution in [3.63, 3.8) is 0 Å². The number of ether oxygens (including phenoxy) is 1. The Morgan fingerprint density at radius 3 is 2.80 bits per heavy atom. The Hall–Kier alpha value is -3.72. The van der Waals surface area contributed by atoms with E-state index in [2.05, 4.69) is 21.8 Å². The van der Waals surface area contributed by atoms with E-state index in [-0.39, 0.29) is 5.69 Å². The summed E-state index contributed by atoms with van der Waals surface area (Å²) in [6.45, 7) is 4.34. The molecule has 30 heavy (non-hydrogen) atoms. The Morgan fingerprint density at radius 2 is 2.03 bits per heavy atom. The van der Waals surface area contributed by atoms with Crippen LogP contribution in [0.25, 0.3) is 22.2 Å². The average molecular weight is 419 g/mol. The van der Waals surface area contributed by atoms with Gasteiger partial charge in [-0.1, -0.05) is 18.2 Å². The zero-order valence-corrected chi connectivity index (χ0v) is 16.9. The van der Waals surface area contributed by atoms with Gasteiger partial charge in [0.1, 0.15) is 5.75 Å². The molecule has 0 fully saturated rings. The van der Waals surface area contributed by atoms with Gasteiger partial charge in [-0.05, 0) is 36.0 Å². The van der Waals surface area contributed by atoms with Crippen molar-refractivity contribution >= 4 is 28.2 Å². The van der Waals surface area contributed by atoms with Crippen LogP contribution in [0, 0.1) is 10.1 Å². The lowest BCUT2D eigenvalue weighted by Gasteiger charge is -2.11. The number of rotatable bonds is 7. The normalized spacial score (nSPS) is 10.8. The standard InChI is InChI=1S/C21H17N5O3S/c1-3-12-25-20(15-6-4-5-7-18(15)29-2)23-24-21(25)30-19-9-8-17(26(27)28)16-13-22-11-10-14(16)19/h3-11,13H,1,12H2,2H3. The molecule has 2 heterocycles. The number of para-hydroxylation sites is 1. The van der Waals surface area contributed by atoms with Crippen LogP contribution >= 0.6 is 11.8 Å². The highest BCUT2D eigenvalue weighted by atomic mass is 32.2. The van der Waals surface area contributed by atoms with Crippen LogP contribution in [0.1, 0.15) is 0 Å². The number of benzene rings is 2. The molecule has 0 spiro atoms. The molecule has 4 rings (SSSR count). The van der Waals surface area contributed by atoms with Gasteiger partial charge in [-0.2, -0.15) is 0 Å². The van der Waals surface area contributed by atoms with Crippen molar-refractivity contribution in [1.29, 1.82) is 0 Å². The molecule has 0 atom stereocenters. The summed E-state index contributed by atoms with van der Waals surface area (Å²) in [4.78, 5) is 15.8. The molecule has 0 aliphatic rings.